The Morgan fingerprint density at radius 2 is 1.63 bits per heavy atom. The highest BCUT2D eigenvalue weighted by atomic mass is 16.5. The lowest BCUT2D eigenvalue weighted by Gasteiger charge is -2.25. The third-order valence-corrected chi connectivity index (χ3v) is 6.65. The van der Waals surface area contributed by atoms with Crippen LogP contribution in [0.25, 0.3) is 0 Å². The second kappa shape index (κ2) is 13.6. The molecule has 200 valence electrons. The number of nitrogens with one attached hydrogen (secondary N) is 1. The number of aliphatic carboxylic acids is 1. The van der Waals surface area contributed by atoms with Crippen LogP contribution in [0, 0.1) is 5.92 Å². The number of carbonyl (C=O) groups excluding carboxylic acids is 2. The smallest absolute Gasteiger partial charge is 0.307 e. The number of benzene rings is 2. The Balaban J connectivity index is 1.43. The van der Waals surface area contributed by atoms with E-state index in [1.807, 2.05) is 60.7 Å². The summed E-state index contributed by atoms with van der Waals surface area (Å²) in [5.74, 6) is -2.23. The fourth-order valence-electron chi connectivity index (χ4n) is 4.51. The molecule has 2 aromatic carbocycles. The SMILES string of the molecule is O=C(N[C@@H](CCc1ccccc1)C(=O)C[C@@H](Cc1ccccc1)C(=O)O)c1cc(CN2CCOCC2)on1. The number of ether oxygens (including phenoxy) is 1. The van der Waals surface area contributed by atoms with Gasteiger partial charge in [-0.25, -0.2) is 0 Å². The lowest BCUT2D eigenvalue weighted by Crippen LogP contribution is -2.42. The van der Waals surface area contributed by atoms with Crippen LogP contribution in [-0.2, 0) is 33.7 Å². The number of rotatable bonds is 13. The van der Waals surface area contributed by atoms with Crippen molar-refractivity contribution in [2.45, 2.75) is 38.3 Å². The molecule has 0 spiro atoms. The number of amides is 1. The molecule has 1 aliphatic rings. The molecule has 0 bridgehead atoms. The normalized spacial score (nSPS) is 15.5. The third kappa shape index (κ3) is 8.09. The molecular weight excluding hydrogens is 486 g/mol. The van der Waals surface area contributed by atoms with Gasteiger partial charge in [0.1, 0.15) is 0 Å². The van der Waals surface area contributed by atoms with Gasteiger partial charge >= 0.3 is 5.97 Å². The molecule has 0 saturated carbocycles. The highest BCUT2D eigenvalue weighted by molar-refractivity contribution is 5.97. The summed E-state index contributed by atoms with van der Waals surface area (Å²) in [5, 5.41) is 16.5. The van der Waals surface area contributed by atoms with Crippen LogP contribution in [0.3, 0.4) is 0 Å². The van der Waals surface area contributed by atoms with Gasteiger partial charge in [0.2, 0.25) is 0 Å². The van der Waals surface area contributed by atoms with Crippen LogP contribution in [0.1, 0.15) is 40.2 Å². The first-order chi connectivity index (χ1) is 18.5. The largest absolute Gasteiger partial charge is 0.481 e. The molecule has 1 amide bonds. The molecular formula is C29H33N3O6. The van der Waals surface area contributed by atoms with E-state index < -0.39 is 23.8 Å². The zero-order valence-corrected chi connectivity index (χ0v) is 21.3. The van der Waals surface area contributed by atoms with Crippen LogP contribution < -0.4 is 5.32 Å². The molecule has 2 N–H and O–H groups in total. The average Bonchev–Trinajstić information content (AvgIpc) is 3.40. The van der Waals surface area contributed by atoms with Gasteiger partial charge in [-0.3, -0.25) is 19.3 Å². The topological polar surface area (TPSA) is 122 Å². The summed E-state index contributed by atoms with van der Waals surface area (Å²) in [4.78, 5) is 40.5. The molecule has 3 aromatic rings. The predicted octanol–water partition coefficient (Wildman–Crippen LogP) is 3.14. The van der Waals surface area contributed by atoms with E-state index in [1.165, 1.54) is 0 Å². The number of carboxylic acids is 1. The Kier molecular flexibility index (Phi) is 9.77. The third-order valence-electron chi connectivity index (χ3n) is 6.65. The molecule has 0 aliphatic carbocycles. The lowest BCUT2D eigenvalue weighted by atomic mass is 9.90. The maximum atomic E-state index is 13.4. The lowest BCUT2D eigenvalue weighted by molar-refractivity contribution is -0.143. The minimum absolute atomic E-state index is 0.0878. The first-order valence-corrected chi connectivity index (χ1v) is 12.9. The molecule has 1 aliphatic heterocycles. The van der Waals surface area contributed by atoms with Crippen LogP contribution in [0.2, 0.25) is 0 Å². The standard InChI is InChI=1S/C29H33N3O6/c33-27(18-23(29(35)36)17-22-9-5-2-6-10-22)25(12-11-21-7-3-1-4-8-21)30-28(34)26-19-24(38-31-26)20-32-13-15-37-16-14-32/h1-10,19,23,25H,11-18,20H2,(H,30,34)(H,35,36)/t23-,25+/m1/s1. The van der Waals surface area contributed by atoms with E-state index in [0.717, 1.165) is 24.2 Å². The number of aryl methyl sites for hydroxylation is 1. The molecule has 1 fully saturated rings. The van der Waals surface area contributed by atoms with Gasteiger partial charge in [0.05, 0.1) is 31.7 Å². The fraction of sp³-hybridized carbons (Fsp3) is 0.379. The number of Topliss-reactive ketones (excluding diaryl/α,β-unsaturated/α-hetero) is 1. The summed E-state index contributed by atoms with van der Waals surface area (Å²) in [6.07, 6.45) is 0.931. The number of carboxylic acid groups (broad SMARTS) is 1. The predicted molar refractivity (Wildman–Crippen MR) is 140 cm³/mol. The number of carbonyl (C=O) groups is 3. The van der Waals surface area contributed by atoms with Crippen molar-refractivity contribution in [1.29, 1.82) is 0 Å². The highest BCUT2D eigenvalue weighted by Gasteiger charge is 2.29. The van der Waals surface area contributed by atoms with Crippen molar-refractivity contribution < 1.29 is 28.8 Å². The molecule has 4 rings (SSSR count). The van der Waals surface area contributed by atoms with Crippen molar-refractivity contribution in [2.24, 2.45) is 5.92 Å². The number of hydrogen-bond acceptors (Lipinski definition) is 7. The van der Waals surface area contributed by atoms with E-state index in [1.54, 1.807) is 6.07 Å². The van der Waals surface area contributed by atoms with E-state index in [-0.39, 0.29) is 24.3 Å². The quantitative estimate of drug-likeness (QED) is 0.353. The van der Waals surface area contributed by atoms with Crippen molar-refractivity contribution in [2.75, 3.05) is 26.3 Å². The van der Waals surface area contributed by atoms with Gasteiger partial charge in [0, 0.05) is 25.6 Å². The van der Waals surface area contributed by atoms with Gasteiger partial charge in [-0.1, -0.05) is 65.8 Å². The first kappa shape index (κ1) is 27.2. The van der Waals surface area contributed by atoms with E-state index in [4.69, 9.17) is 9.26 Å². The molecule has 0 unspecified atom stereocenters. The molecule has 9 nitrogen and oxygen atoms in total. The van der Waals surface area contributed by atoms with Gasteiger partial charge in [0.15, 0.2) is 17.2 Å². The van der Waals surface area contributed by atoms with Gasteiger partial charge in [-0.15, -0.1) is 0 Å². The van der Waals surface area contributed by atoms with Crippen LogP contribution in [-0.4, -0.2) is 65.2 Å². The molecule has 9 heteroatoms. The molecule has 38 heavy (non-hydrogen) atoms. The van der Waals surface area contributed by atoms with Crippen LogP contribution >= 0.6 is 0 Å². The zero-order chi connectivity index (χ0) is 26.7. The van der Waals surface area contributed by atoms with Gasteiger partial charge in [-0.2, -0.15) is 0 Å². The second-order valence-corrected chi connectivity index (χ2v) is 9.51. The van der Waals surface area contributed by atoms with Crippen molar-refractivity contribution in [3.8, 4) is 0 Å². The number of nitrogens with zero attached hydrogens (tertiary/aromatic N) is 2. The Hall–Kier alpha value is -3.82. The monoisotopic (exact) mass is 519 g/mol. The maximum absolute atomic E-state index is 13.4. The van der Waals surface area contributed by atoms with Gasteiger partial charge < -0.3 is 19.7 Å². The minimum atomic E-state index is -1.04. The minimum Gasteiger partial charge on any atom is -0.481 e. The number of hydrogen-bond donors (Lipinski definition) is 2. The maximum Gasteiger partial charge on any atom is 0.307 e. The summed E-state index contributed by atoms with van der Waals surface area (Å²) in [7, 11) is 0. The Morgan fingerprint density at radius 3 is 2.29 bits per heavy atom. The Labute approximate surface area is 221 Å². The molecule has 1 aromatic heterocycles. The molecule has 0 radical (unpaired) electrons. The molecule has 1 saturated heterocycles. The Bertz CT molecular complexity index is 1190. The molecule has 2 atom stereocenters. The van der Waals surface area contributed by atoms with E-state index in [0.29, 0.717) is 38.4 Å². The van der Waals surface area contributed by atoms with Crippen molar-refractivity contribution >= 4 is 17.7 Å². The van der Waals surface area contributed by atoms with Crippen LogP contribution in [0.4, 0.5) is 0 Å². The average molecular weight is 520 g/mol. The number of aromatic nitrogens is 1. The second-order valence-electron chi connectivity index (χ2n) is 9.51. The van der Waals surface area contributed by atoms with Gasteiger partial charge in [0.25, 0.3) is 5.91 Å². The van der Waals surface area contributed by atoms with Gasteiger partial charge in [-0.05, 0) is 30.4 Å². The van der Waals surface area contributed by atoms with Crippen LogP contribution in [0.5, 0.6) is 0 Å². The molecule has 2 heterocycles. The zero-order valence-electron chi connectivity index (χ0n) is 21.3. The van der Waals surface area contributed by atoms with Crippen LogP contribution in [0.15, 0.2) is 71.3 Å². The van der Waals surface area contributed by atoms with E-state index in [2.05, 4.69) is 15.4 Å². The highest BCUT2D eigenvalue weighted by Crippen LogP contribution is 2.17. The summed E-state index contributed by atoms with van der Waals surface area (Å²) >= 11 is 0. The van der Waals surface area contributed by atoms with Crippen molar-refractivity contribution in [1.82, 2.24) is 15.4 Å². The van der Waals surface area contributed by atoms with Crippen molar-refractivity contribution in [3.63, 3.8) is 0 Å². The fourth-order valence-corrected chi connectivity index (χ4v) is 4.51. The van der Waals surface area contributed by atoms with E-state index in [9.17, 15) is 19.5 Å². The number of morpholine rings is 1. The first-order valence-electron chi connectivity index (χ1n) is 12.9. The summed E-state index contributed by atoms with van der Waals surface area (Å²) in [5.41, 5.74) is 1.95. The Morgan fingerprint density at radius 1 is 0.974 bits per heavy atom. The summed E-state index contributed by atoms with van der Waals surface area (Å²) in [6.45, 7) is 3.35. The summed E-state index contributed by atoms with van der Waals surface area (Å²) in [6, 6.07) is 19.6. The van der Waals surface area contributed by atoms with Crippen molar-refractivity contribution in [3.05, 3.63) is 89.3 Å². The summed E-state index contributed by atoms with van der Waals surface area (Å²) < 4.78 is 10.7. The van der Waals surface area contributed by atoms with E-state index >= 15 is 0 Å². The number of ketones is 1.